The zero-order valence-corrected chi connectivity index (χ0v) is 19.8. The molecule has 0 saturated carbocycles. The highest BCUT2D eigenvalue weighted by Crippen LogP contribution is 2.38. The van der Waals surface area contributed by atoms with Crippen LogP contribution in [0.3, 0.4) is 0 Å². The second kappa shape index (κ2) is 8.39. The Morgan fingerprint density at radius 1 is 1.12 bits per heavy atom. The summed E-state index contributed by atoms with van der Waals surface area (Å²) in [7, 11) is 0. The third-order valence-electron chi connectivity index (χ3n) is 7.08. The number of nitrogens with one attached hydrogen (secondary N) is 2. The Kier molecular flexibility index (Phi) is 5.21. The number of nitrogens with zero attached hydrogens (tertiary/aromatic N) is 7. The minimum absolute atomic E-state index is 0.332. The molecule has 5 heterocycles. The van der Waals surface area contributed by atoms with Gasteiger partial charge in [0.25, 0.3) is 0 Å². The third kappa shape index (κ3) is 3.69. The van der Waals surface area contributed by atoms with E-state index >= 15 is 0 Å². The molecule has 2 aliphatic rings. The summed E-state index contributed by atoms with van der Waals surface area (Å²) >= 11 is 0. The molecular weight excluding hydrogens is 426 g/mol. The van der Waals surface area contributed by atoms with Gasteiger partial charge in [-0.1, -0.05) is 32.0 Å². The fraction of sp³-hybridized carbons (Fsp3) is 0.440. The molecule has 3 aromatic heterocycles. The van der Waals surface area contributed by atoms with Gasteiger partial charge >= 0.3 is 0 Å². The first-order chi connectivity index (χ1) is 16.6. The molecule has 2 fully saturated rings. The Bertz CT molecular complexity index is 1280. The van der Waals surface area contributed by atoms with Gasteiger partial charge in [0.15, 0.2) is 5.65 Å². The van der Waals surface area contributed by atoms with Crippen LogP contribution < -0.4 is 15.5 Å². The van der Waals surface area contributed by atoms with Gasteiger partial charge < -0.3 is 15.5 Å². The molecule has 0 amide bonds. The summed E-state index contributed by atoms with van der Waals surface area (Å²) in [5.41, 5.74) is 4.56. The number of fused-ring (bicyclic) bond motifs is 1. The molecule has 0 radical (unpaired) electrons. The van der Waals surface area contributed by atoms with E-state index in [-0.39, 0.29) is 0 Å². The van der Waals surface area contributed by atoms with E-state index in [4.69, 9.17) is 9.97 Å². The second-order valence-corrected chi connectivity index (χ2v) is 9.91. The van der Waals surface area contributed by atoms with Crippen molar-refractivity contribution < 1.29 is 0 Å². The van der Waals surface area contributed by atoms with Crippen molar-refractivity contribution in [3.63, 3.8) is 0 Å². The lowest BCUT2D eigenvalue weighted by molar-refractivity contribution is 0.155. The molecule has 6 rings (SSSR count). The first kappa shape index (κ1) is 21.1. The van der Waals surface area contributed by atoms with Crippen molar-refractivity contribution in [3.8, 4) is 5.69 Å². The van der Waals surface area contributed by atoms with E-state index in [0.29, 0.717) is 23.8 Å². The highest BCUT2D eigenvalue weighted by atomic mass is 15.4. The quantitative estimate of drug-likeness (QED) is 0.460. The summed E-state index contributed by atoms with van der Waals surface area (Å²) < 4.78 is 3.73. The van der Waals surface area contributed by atoms with E-state index in [1.807, 2.05) is 39.8 Å². The van der Waals surface area contributed by atoms with Gasteiger partial charge in [0.1, 0.15) is 0 Å². The van der Waals surface area contributed by atoms with E-state index in [1.165, 1.54) is 12.8 Å². The fourth-order valence-electron chi connectivity index (χ4n) is 5.22. The Balaban J connectivity index is 1.31. The van der Waals surface area contributed by atoms with Gasteiger partial charge in [-0.2, -0.15) is 24.7 Å². The normalized spacial score (nSPS) is 17.4. The predicted octanol–water partition coefficient (Wildman–Crippen LogP) is 3.24. The number of piperidine rings is 1. The number of hydrogen-bond acceptors (Lipinski definition) is 7. The first-order valence-corrected chi connectivity index (χ1v) is 12.2. The molecule has 0 aliphatic carbocycles. The number of aromatic nitrogens is 6. The number of rotatable bonds is 6. The Morgan fingerprint density at radius 2 is 2.00 bits per heavy atom. The molecule has 2 N–H and O–H groups in total. The Labute approximate surface area is 199 Å². The Morgan fingerprint density at radius 3 is 2.76 bits per heavy atom. The maximum absolute atomic E-state index is 4.97. The molecule has 0 unspecified atom stereocenters. The zero-order valence-electron chi connectivity index (χ0n) is 19.8. The topological polar surface area (TPSA) is 88.2 Å². The molecule has 0 atom stereocenters. The van der Waals surface area contributed by atoms with Gasteiger partial charge in [-0.3, -0.25) is 0 Å². The van der Waals surface area contributed by atoms with Crippen molar-refractivity contribution in [2.45, 2.75) is 39.2 Å². The van der Waals surface area contributed by atoms with Gasteiger partial charge in [-0.15, -0.1) is 0 Å². The van der Waals surface area contributed by atoms with Crippen molar-refractivity contribution in [1.29, 1.82) is 0 Å². The van der Waals surface area contributed by atoms with Gasteiger partial charge in [0, 0.05) is 49.6 Å². The summed E-state index contributed by atoms with van der Waals surface area (Å²) in [5, 5.41) is 16.1. The lowest BCUT2D eigenvalue weighted by atomic mass is 9.74. The summed E-state index contributed by atoms with van der Waals surface area (Å²) in [4.78, 5) is 12.2. The average molecular weight is 458 g/mol. The SMILES string of the molecule is CC(C)c1cnn2c(NCc3ccccc3-n3cccn3)nc(N3CC4(CCCNC4)C3)nc12. The van der Waals surface area contributed by atoms with Crippen LogP contribution in [0.5, 0.6) is 0 Å². The average Bonchev–Trinajstić information content (AvgIpc) is 3.52. The van der Waals surface area contributed by atoms with Crippen molar-refractivity contribution in [2.75, 3.05) is 36.4 Å². The lowest BCUT2D eigenvalue weighted by Crippen LogP contribution is -2.62. The van der Waals surface area contributed by atoms with Crippen LogP contribution in [-0.2, 0) is 6.54 Å². The van der Waals surface area contributed by atoms with Gasteiger partial charge in [0.2, 0.25) is 11.9 Å². The highest BCUT2D eigenvalue weighted by Gasteiger charge is 2.44. The van der Waals surface area contributed by atoms with Crippen molar-refractivity contribution >= 4 is 17.5 Å². The van der Waals surface area contributed by atoms with Crippen LogP contribution in [0.4, 0.5) is 11.9 Å². The van der Waals surface area contributed by atoms with E-state index in [1.54, 1.807) is 6.20 Å². The predicted molar refractivity (Wildman–Crippen MR) is 133 cm³/mol. The van der Waals surface area contributed by atoms with Crippen molar-refractivity contribution in [1.82, 2.24) is 34.7 Å². The minimum atomic E-state index is 0.332. The van der Waals surface area contributed by atoms with E-state index in [0.717, 1.165) is 54.6 Å². The molecule has 2 saturated heterocycles. The molecule has 9 nitrogen and oxygen atoms in total. The number of anilines is 2. The maximum atomic E-state index is 4.97. The first-order valence-electron chi connectivity index (χ1n) is 12.2. The van der Waals surface area contributed by atoms with Crippen LogP contribution >= 0.6 is 0 Å². The summed E-state index contributed by atoms with van der Waals surface area (Å²) in [5.74, 6) is 1.83. The van der Waals surface area contributed by atoms with Gasteiger partial charge in [0.05, 0.1) is 11.9 Å². The summed E-state index contributed by atoms with van der Waals surface area (Å²) in [6.07, 6.45) is 8.20. The van der Waals surface area contributed by atoms with E-state index < -0.39 is 0 Å². The third-order valence-corrected chi connectivity index (χ3v) is 7.08. The number of benzene rings is 1. The molecule has 1 aromatic carbocycles. The molecule has 2 aliphatic heterocycles. The van der Waals surface area contributed by atoms with Crippen LogP contribution in [0.25, 0.3) is 11.3 Å². The summed E-state index contributed by atoms with van der Waals surface area (Å²) in [6, 6.07) is 10.2. The minimum Gasteiger partial charge on any atom is -0.350 e. The second-order valence-electron chi connectivity index (χ2n) is 9.91. The Hall–Kier alpha value is -3.46. The molecule has 176 valence electrons. The molecule has 4 aromatic rings. The molecular formula is C25H31N9. The lowest BCUT2D eigenvalue weighted by Gasteiger charge is -2.52. The van der Waals surface area contributed by atoms with E-state index in [2.05, 4.69) is 51.7 Å². The van der Waals surface area contributed by atoms with Crippen molar-refractivity contribution in [2.24, 2.45) is 5.41 Å². The standard InChI is InChI=1S/C25H31N9/c1-18(2)20-14-29-34-22(20)30-24(32-16-25(17-32)9-5-10-26-15-25)31-23(34)27-13-19-7-3-4-8-21(19)33-12-6-11-28-33/h3-4,6-8,11-12,14,18,26H,5,9-10,13,15-17H2,1-2H3,(H,27,30,31). The number of para-hydroxylation sites is 1. The highest BCUT2D eigenvalue weighted by molar-refractivity contribution is 5.57. The number of hydrogen-bond donors (Lipinski definition) is 2. The fourth-order valence-corrected chi connectivity index (χ4v) is 5.22. The van der Waals surface area contributed by atoms with Crippen LogP contribution in [0.1, 0.15) is 43.7 Å². The largest absolute Gasteiger partial charge is 0.350 e. The molecule has 34 heavy (non-hydrogen) atoms. The molecule has 0 bridgehead atoms. The van der Waals surface area contributed by atoms with E-state index in [9.17, 15) is 0 Å². The zero-order chi connectivity index (χ0) is 23.1. The monoisotopic (exact) mass is 457 g/mol. The van der Waals surface area contributed by atoms with Gasteiger partial charge in [-0.05, 0) is 43.0 Å². The van der Waals surface area contributed by atoms with Gasteiger partial charge in [-0.25, -0.2) is 4.68 Å². The van der Waals surface area contributed by atoms with Crippen molar-refractivity contribution in [3.05, 3.63) is 60.0 Å². The summed E-state index contributed by atoms with van der Waals surface area (Å²) in [6.45, 7) is 9.19. The van der Waals surface area contributed by atoms with Crippen LogP contribution in [0.15, 0.2) is 48.9 Å². The molecule has 1 spiro atoms. The molecule has 9 heteroatoms. The maximum Gasteiger partial charge on any atom is 0.230 e. The van der Waals surface area contributed by atoms with Crippen LogP contribution in [-0.4, -0.2) is 55.5 Å². The van der Waals surface area contributed by atoms with Crippen LogP contribution in [0.2, 0.25) is 0 Å². The van der Waals surface area contributed by atoms with Crippen LogP contribution in [0, 0.1) is 5.41 Å². The smallest absolute Gasteiger partial charge is 0.230 e.